The Morgan fingerprint density at radius 2 is 1.87 bits per heavy atom. The Kier molecular flexibility index (Phi) is 5.99. The van der Waals surface area contributed by atoms with Crippen molar-refractivity contribution in [1.29, 1.82) is 0 Å². The van der Waals surface area contributed by atoms with Crippen LogP contribution >= 0.6 is 0 Å². The molecule has 1 atom stereocenters. The number of rotatable bonds is 4. The van der Waals surface area contributed by atoms with Crippen LogP contribution in [0.4, 0.5) is 0 Å². The summed E-state index contributed by atoms with van der Waals surface area (Å²) in [5, 5.41) is 6.29. The Morgan fingerprint density at radius 1 is 1.22 bits per heavy atom. The summed E-state index contributed by atoms with van der Waals surface area (Å²) < 4.78 is 0. The molecule has 0 spiro atoms. The maximum atomic E-state index is 12.0. The molecule has 1 radical (unpaired) electrons. The Bertz CT molecular complexity index is 729. The third-order valence-electron chi connectivity index (χ3n) is 4.61. The number of nitrogens with two attached hydrogens (primary N) is 1. The number of amides is 1. The van der Waals surface area contributed by atoms with E-state index >= 15 is 0 Å². The van der Waals surface area contributed by atoms with E-state index in [0.29, 0.717) is 12.8 Å². The first-order valence-electron chi connectivity index (χ1n) is 7.80. The molecule has 1 aliphatic rings. The van der Waals surface area contributed by atoms with Gasteiger partial charge in [0.2, 0.25) is 0 Å². The third kappa shape index (κ3) is 3.67. The van der Waals surface area contributed by atoms with Crippen molar-refractivity contribution in [2.45, 2.75) is 25.7 Å². The van der Waals surface area contributed by atoms with Crippen LogP contribution in [0.1, 0.15) is 23.1 Å². The van der Waals surface area contributed by atoms with E-state index in [9.17, 15) is 4.79 Å². The zero-order valence-electron chi connectivity index (χ0n) is 13.6. The minimum absolute atomic E-state index is 0. The second kappa shape index (κ2) is 7.42. The van der Waals surface area contributed by atoms with Gasteiger partial charge in [-0.25, -0.2) is 0 Å². The van der Waals surface area contributed by atoms with Crippen molar-refractivity contribution in [3.63, 3.8) is 0 Å². The van der Waals surface area contributed by atoms with Gasteiger partial charge in [-0.05, 0) is 59.7 Å². The van der Waals surface area contributed by atoms with Gasteiger partial charge in [-0.1, -0.05) is 30.3 Å². The fourth-order valence-electron chi connectivity index (χ4n) is 3.41. The molecule has 1 unspecified atom stereocenters. The average Bonchev–Trinajstić information content (AvgIpc) is 2.85. The maximum Gasteiger partial charge on any atom is 0.0273 e. The summed E-state index contributed by atoms with van der Waals surface area (Å²) in [5.41, 5.74) is 8.75. The Labute approximate surface area is 163 Å². The van der Waals surface area contributed by atoms with Gasteiger partial charge < -0.3 is 22.8 Å². The van der Waals surface area contributed by atoms with Crippen molar-refractivity contribution < 1.29 is 37.5 Å². The van der Waals surface area contributed by atoms with E-state index in [-0.39, 0.29) is 38.6 Å². The molecule has 1 aliphatic carbocycles. The van der Waals surface area contributed by atoms with Crippen LogP contribution in [0.3, 0.4) is 0 Å². The van der Waals surface area contributed by atoms with Gasteiger partial charge in [-0.15, -0.1) is 12.5 Å². The minimum Gasteiger partial charge on any atom is -0.658 e. The standard InChI is InChI=1S/C19H23N2O.Y/c1-19(18(22)21-2)11-16-9-14-6-5-13(4-3-7-20)8-15(14)10-17(16)12-19;/h5-6,8-10H,1,3-4,7,11-12,20H2,2H3,(H,21,22);/q-1;/p-1. The molecule has 2 N–H and O–H groups in total. The van der Waals surface area contributed by atoms with Crippen LogP contribution < -0.4 is 5.73 Å². The van der Waals surface area contributed by atoms with E-state index in [2.05, 4.69) is 42.6 Å². The first kappa shape index (κ1) is 18.6. The topological polar surface area (TPSA) is 57.2 Å². The Morgan fingerprint density at radius 3 is 2.48 bits per heavy atom. The number of benzene rings is 2. The second-order valence-electron chi connectivity index (χ2n) is 6.36. The van der Waals surface area contributed by atoms with E-state index in [0.717, 1.165) is 19.4 Å². The molecule has 0 heterocycles. The number of aryl methyl sites for hydroxylation is 1. The molecule has 1 amide bonds. The summed E-state index contributed by atoms with van der Waals surface area (Å²) in [6.07, 6.45) is 3.38. The molecule has 3 rings (SSSR count). The molecule has 3 nitrogen and oxygen atoms in total. The van der Waals surface area contributed by atoms with Crippen molar-refractivity contribution in [3.8, 4) is 0 Å². The van der Waals surface area contributed by atoms with Crippen LogP contribution in [-0.4, -0.2) is 19.5 Å². The number of fused-ring (bicyclic) bond motifs is 2. The van der Waals surface area contributed by atoms with Crippen LogP contribution in [0.5, 0.6) is 0 Å². The molecule has 23 heavy (non-hydrogen) atoms. The van der Waals surface area contributed by atoms with Gasteiger partial charge in [0.05, 0.1) is 0 Å². The summed E-state index contributed by atoms with van der Waals surface area (Å²) in [6.45, 7) is 4.86. The Balaban J connectivity index is 0.00000192. The van der Waals surface area contributed by atoms with E-state index in [4.69, 9.17) is 5.73 Å². The number of carbonyl (C=O) groups excluding carboxylic acids is 1. The van der Waals surface area contributed by atoms with Crippen molar-refractivity contribution in [3.05, 3.63) is 59.3 Å². The quantitative estimate of drug-likeness (QED) is 0.825. The Hall–Kier alpha value is -0.766. The molecule has 4 heteroatoms. The van der Waals surface area contributed by atoms with Gasteiger partial charge >= 0.3 is 0 Å². The number of carbonyl (C=O) groups is 1. The van der Waals surface area contributed by atoms with Crippen molar-refractivity contribution in [2.24, 2.45) is 11.1 Å². The van der Waals surface area contributed by atoms with Gasteiger partial charge in [0.25, 0.3) is 0 Å². The molecular weight excluding hydrogens is 361 g/mol. The first-order chi connectivity index (χ1) is 10.6. The fraction of sp³-hybridized carbons (Fsp3) is 0.368. The minimum atomic E-state index is -0.614. The molecule has 119 valence electrons. The SMILES string of the molecule is [CH2-]C1(C(=O)[N-]C)Cc2cc3ccc(CCCN)cc3cc2C1.[Y]. The van der Waals surface area contributed by atoms with Gasteiger partial charge in [0.15, 0.2) is 0 Å². The molecule has 0 bridgehead atoms. The largest absolute Gasteiger partial charge is 0.658 e. The molecule has 2 aromatic carbocycles. The molecule has 2 aromatic rings. The predicted molar refractivity (Wildman–Crippen MR) is 90.8 cm³/mol. The molecule has 0 saturated carbocycles. The molecule has 0 saturated heterocycles. The zero-order chi connectivity index (χ0) is 15.7. The summed E-state index contributed by atoms with van der Waals surface area (Å²) in [5.74, 6) is -0.101. The molecule has 0 aliphatic heterocycles. The normalized spacial score (nSPS) is 19.3. The fourth-order valence-corrected chi connectivity index (χ4v) is 3.41. The number of hydrogen-bond acceptors (Lipinski definition) is 2. The average molecular weight is 383 g/mol. The van der Waals surface area contributed by atoms with Crippen LogP contribution in [0, 0.1) is 12.3 Å². The summed E-state index contributed by atoms with van der Waals surface area (Å²) in [6, 6.07) is 11.0. The van der Waals surface area contributed by atoms with Crippen LogP contribution in [0.15, 0.2) is 30.3 Å². The summed E-state index contributed by atoms with van der Waals surface area (Å²) in [4.78, 5) is 12.0. The summed E-state index contributed by atoms with van der Waals surface area (Å²) >= 11 is 0. The van der Waals surface area contributed by atoms with E-state index < -0.39 is 5.41 Å². The second-order valence-corrected chi connectivity index (χ2v) is 6.36. The molecular formula is C19H22N2OY-2. The van der Waals surface area contributed by atoms with Gasteiger partial charge in [0.1, 0.15) is 0 Å². The first-order valence-corrected chi connectivity index (χ1v) is 7.80. The van der Waals surface area contributed by atoms with Crippen molar-refractivity contribution in [2.75, 3.05) is 13.6 Å². The smallest absolute Gasteiger partial charge is 0.0273 e. The number of nitrogens with zero attached hydrogens (tertiary/aromatic N) is 1. The van der Waals surface area contributed by atoms with Gasteiger partial charge in [0, 0.05) is 38.6 Å². The zero-order valence-corrected chi connectivity index (χ0v) is 16.5. The van der Waals surface area contributed by atoms with Crippen LogP contribution in [-0.2, 0) is 56.8 Å². The maximum absolute atomic E-state index is 12.0. The molecule has 0 fully saturated rings. The monoisotopic (exact) mass is 383 g/mol. The van der Waals surface area contributed by atoms with Crippen LogP contribution in [0.2, 0.25) is 0 Å². The predicted octanol–water partition coefficient (Wildman–Crippen LogP) is 3.18. The van der Waals surface area contributed by atoms with Crippen molar-refractivity contribution in [1.82, 2.24) is 0 Å². The van der Waals surface area contributed by atoms with Gasteiger partial charge in [-0.2, -0.15) is 0 Å². The summed E-state index contributed by atoms with van der Waals surface area (Å²) in [7, 11) is 1.55. The molecule has 0 aromatic heterocycles. The van der Waals surface area contributed by atoms with Gasteiger partial charge in [-0.3, -0.25) is 0 Å². The van der Waals surface area contributed by atoms with E-state index in [1.54, 1.807) is 7.05 Å². The van der Waals surface area contributed by atoms with Crippen molar-refractivity contribution >= 4 is 16.7 Å². The third-order valence-corrected chi connectivity index (χ3v) is 4.61. The number of hydrogen-bond donors (Lipinski definition) is 1. The van der Waals surface area contributed by atoms with E-state index in [1.165, 1.54) is 27.5 Å². The van der Waals surface area contributed by atoms with Crippen LogP contribution in [0.25, 0.3) is 16.1 Å². The van der Waals surface area contributed by atoms with E-state index in [1.807, 2.05) is 0 Å².